The minimum atomic E-state index is -0.256. The van der Waals surface area contributed by atoms with Gasteiger partial charge in [-0.3, -0.25) is 14.5 Å². The largest absolute Gasteiger partial charge is 0.493 e. The topological polar surface area (TPSA) is 53.1 Å². The van der Waals surface area contributed by atoms with E-state index < -0.39 is 0 Å². The van der Waals surface area contributed by atoms with Crippen LogP contribution in [0.2, 0.25) is 5.02 Å². The average Bonchev–Trinajstić information content (AvgIpc) is 2.85. The molecule has 3 aliphatic heterocycles. The number of likely N-dealkylation sites (tertiary alicyclic amines) is 3. The summed E-state index contributed by atoms with van der Waals surface area (Å²) in [7, 11) is 0. The fourth-order valence-electron chi connectivity index (χ4n) is 5.48. The number of ether oxygens (including phenoxy) is 1. The van der Waals surface area contributed by atoms with Gasteiger partial charge in [-0.1, -0.05) is 24.6 Å². The molecule has 0 aromatic heterocycles. The summed E-state index contributed by atoms with van der Waals surface area (Å²) < 4.78 is 6.18. The Bertz CT molecular complexity index is 826. The Morgan fingerprint density at radius 1 is 0.971 bits per heavy atom. The summed E-state index contributed by atoms with van der Waals surface area (Å²) >= 11 is 6.14. The SMILES string of the molecule is CC1CCN(CC(=O)N2CCC(COc3cccc(Cl)c3)(CC(=O)N3CCCCC3)CC2)CC1. The monoisotopic (exact) mass is 489 g/mol. The highest BCUT2D eigenvalue weighted by atomic mass is 35.5. The third-order valence-corrected chi connectivity index (χ3v) is 8.22. The van der Waals surface area contributed by atoms with Crippen LogP contribution in [0.3, 0.4) is 0 Å². The molecule has 0 bridgehead atoms. The molecule has 7 heteroatoms. The van der Waals surface area contributed by atoms with Crippen molar-refractivity contribution in [3.63, 3.8) is 0 Å². The molecule has 0 N–H and O–H groups in total. The maximum atomic E-state index is 13.2. The lowest BCUT2D eigenvalue weighted by Gasteiger charge is -2.43. The second-order valence-corrected chi connectivity index (χ2v) is 11.1. The number of carbonyl (C=O) groups is 2. The van der Waals surface area contributed by atoms with E-state index in [4.69, 9.17) is 16.3 Å². The molecule has 3 fully saturated rings. The number of rotatable bonds is 7. The molecule has 3 aliphatic rings. The highest BCUT2D eigenvalue weighted by molar-refractivity contribution is 6.30. The predicted molar refractivity (Wildman–Crippen MR) is 135 cm³/mol. The first-order valence-corrected chi connectivity index (χ1v) is 13.5. The van der Waals surface area contributed by atoms with Crippen molar-refractivity contribution in [2.75, 3.05) is 52.4 Å². The highest BCUT2D eigenvalue weighted by Crippen LogP contribution is 2.37. The third kappa shape index (κ3) is 6.88. The molecule has 1 aromatic rings. The number of amides is 2. The van der Waals surface area contributed by atoms with Gasteiger partial charge in [0.2, 0.25) is 11.8 Å². The molecule has 34 heavy (non-hydrogen) atoms. The first-order valence-electron chi connectivity index (χ1n) is 13.1. The van der Waals surface area contributed by atoms with Crippen molar-refractivity contribution in [2.24, 2.45) is 11.3 Å². The van der Waals surface area contributed by atoms with E-state index in [-0.39, 0.29) is 17.2 Å². The zero-order valence-corrected chi connectivity index (χ0v) is 21.4. The second kappa shape index (κ2) is 11.8. The smallest absolute Gasteiger partial charge is 0.236 e. The van der Waals surface area contributed by atoms with Gasteiger partial charge in [-0.25, -0.2) is 0 Å². The van der Waals surface area contributed by atoms with Gasteiger partial charge in [0.25, 0.3) is 0 Å². The van der Waals surface area contributed by atoms with Crippen LogP contribution in [0.25, 0.3) is 0 Å². The summed E-state index contributed by atoms with van der Waals surface area (Å²) in [6.07, 6.45) is 7.81. The normalized spacial score (nSPS) is 21.9. The number of hydrogen-bond acceptors (Lipinski definition) is 4. The van der Waals surface area contributed by atoms with Crippen molar-refractivity contribution < 1.29 is 14.3 Å². The molecule has 6 nitrogen and oxygen atoms in total. The van der Waals surface area contributed by atoms with Gasteiger partial charge >= 0.3 is 0 Å². The van der Waals surface area contributed by atoms with Gasteiger partial charge in [0, 0.05) is 43.0 Å². The lowest BCUT2D eigenvalue weighted by atomic mass is 9.75. The summed E-state index contributed by atoms with van der Waals surface area (Å²) in [5, 5.41) is 0.642. The molecule has 2 amide bonds. The van der Waals surface area contributed by atoms with E-state index in [1.165, 1.54) is 19.3 Å². The molecule has 0 spiro atoms. The molecule has 4 rings (SSSR count). The molecule has 0 saturated carbocycles. The standard InChI is InChI=1S/C27H40ClN3O3/c1-22-8-14-29(15-9-22)20-26(33)31-16-10-27(11-17-31,19-25(32)30-12-3-2-4-13-30)21-34-24-7-5-6-23(28)18-24/h5-7,18,22H,2-4,8-17,19-21H2,1H3. The molecule has 1 aromatic carbocycles. The summed E-state index contributed by atoms with van der Waals surface area (Å²) in [6, 6.07) is 7.44. The summed E-state index contributed by atoms with van der Waals surface area (Å²) in [4.78, 5) is 32.5. The van der Waals surface area contributed by atoms with E-state index in [0.29, 0.717) is 37.7 Å². The first kappa shape index (κ1) is 25.3. The Morgan fingerprint density at radius 3 is 2.32 bits per heavy atom. The van der Waals surface area contributed by atoms with Gasteiger partial charge in [-0.15, -0.1) is 0 Å². The molecule has 0 radical (unpaired) electrons. The van der Waals surface area contributed by atoms with E-state index in [0.717, 1.165) is 63.5 Å². The molecule has 3 saturated heterocycles. The van der Waals surface area contributed by atoms with Gasteiger partial charge < -0.3 is 14.5 Å². The molecule has 0 atom stereocenters. The molecular weight excluding hydrogens is 450 g/mol. The lowest BCUT2D eigenvalue weighted by molar-refractivity contribution is -0.139. The molecule has 3 heterocycles. The Hall–Kier alpha value is -1.79. The van der Waals surface area contributed by atoms with Crippen LogP contribution in [0.4, 0.5) is 0 Å². The second-order valence-electron chi connectivity index (χ2n) is 10.7. The quantitative estimate of drug-likeness (QED) is 0.567. The van der Waals surface area contributed by atoms with Crippen LogP contribution < -0.4 is 4.74 Å². The maximum Gasteiger partial charge on any atom is 0.236 e. The van der Waals surface area contributed by atoms with Gasteiger partial charge in [0.05, 0.1) is 13.2 Å². The number of halogens is 1. The van der Waals surface area contributed by atoms with E-state index >= 15 is 0 Å². The highest BCUT2D eigenvalue weighted by Gasteiger charge is 2.40. The Balaban J connectivity index is 1.37. The van der Waals surface area contributed by atoms with Crippen LogP contribution >= 0.6 is 11.6 Å². The molecular formula is C27H40ClN3O3. The lowest BCUT2D eigenvalue weighted by Crippen LogP contribution is -2.50. The van der Waals surface area contributed by atoms with Crippen LogP contribution in [0, 0.1) is 11.3 Å². The van der Waals surface area contributed by atoms with Gasteiger partial charge in [-0.2, -0.15) is 0 Å². The minimum absolute atomic E-state index is 0.223. The number of hydrogen-bond donors (Lipinski definition) is 0. The van der Waals surface area contributed by atoms with E-state index in [9.17, 15) is 9.59 Å². The summed E-state index contributed by atoms with van der Waals surface area (Å²) in [5.41, 5.74) is -0.256. The fraction of sp³-hybridized carbons (Fsp3) is 0.704. The zero-order valence-electron chi connectivity index (χ0n) is 20.6. The van der Waals surface area contributed by atoms with Crippen LogP contribution in [0.15, 0.2) is 24.3 Å². The Morgan fingerprint density at radius 2 is 1.65 bits per heavy atom. The summed E-state index contributed by atoms with van der Waals surface area (Å²) in [5.74, 6) is 1.95. The average molecular weight is 490 g/mol. The van der Waals surface area contributed by atoms with Crippen molar-refractivity contribution in [1.82, 2.24) is 14.7 Å². The molecule has 188 valence electrons. The number of carbonyl (C=O) groups excluding carboxylic acids is 2. The Kier molecular flexibility index (Phi) is 8.75. The number of piperidine rings is 3. The van der Waals surface area contributed by atoms with E-state index in [2.05, 4.69) is 11.8 Å². The minimum Gasteiger partial charge on any atom is -0.493 e. The molecule has 0 aliphatic carbocycles. The van der Waals surface area contributed by atoms with Gasteiger partial charge in [0.1, 0.15) is 5.75 Å². The van der Waals surface area contributed by atoms with E-state index in [1.54, 1.807) is 0 Å². The fourth-order valence-corrected chi connectivity index (χ4v) is 5.66. The third-order valence-electron chi connectivity index (χ3n) is 7.99. The van der Waals surface area contributed by atoms with Gasteiger partial charge in [0.15, 0.2) is 0 Å². The number of nitrogens with zero attached hydrogens (tertiary/aromatic N) is 3. The zero-order chi connectivity index (χ0) is 24.0. The van der Waals surface area contributed by atoms with Crippen LogP contribution in [-0.4, -0.2) is 78.9 Å². The van der Waals surface area contributed by atoms with Crippen LogP contribution in [-0.2, 0) is 9.59 Å². The van der Waals surface area contributed by atoms with Crippen LogP contribution in [0.5, 0.6) is 5.75 Å². The van der Waals surface area contributed by atoms with Crippen molar-refractivity contribution in [1.29, 1.82) is 0 Å². The van der Waals surface area contributed by atoms with Crippen LogP contribution in [0.1, 0.15) is 58.3 Å². The van der Waals surface area contributed by atoms with E-state index in [1.807, 2.05) is 34.1 Å². The predicted octanol–water partition coefficient (Wildman–Crippen LogP) is 4.46. The van der Waals surface area contributed by atoms with Crippen molar-refractivity contribution in [3.8, 4) is 5.75 Å². The summed E-state index contributed by atoms with van der Waals surface area (Å²) in [6.45, 7) is 8.42. The van der Waals surface area contributed by atoms with Crippen molar-refractivity contribution in [3.05, 3.63) is 29.3 Å². The molecule has 0 unspecified atom stereocenters. The first-order chi connectivity index (χ1) is 16.4. The number of benzene rings is 1. The van der Waals surface area contributed by atoms with Crippen molar-refractivity contribution >= 4 is 23.4 Å². The maximum absolute atomic E-state index is 13.2. The van der Waals surface area contributed by atoms with Gasteiger partial charge in [-0.05, 0) is 82.2 Å². The van der Waals surface area contributed by atoms with Crippen molar-refractivity contribution in [2.45, 2.75) is 58.3 Å². The Labute approximate surface area is 209 Å².